The zero-order valence-corrected chi connectivity index (χ0v) is 11.8. The van der Waals surface area contributed by atoms with Gasteiger partial charge in [-0.2, -0.15) is 0 Å². The molecule has 0 radical (unpaired) electrons. The molecular formula is C15H18N2O3. The molecule has 1 N–H and O–H groups in total. The number of carboxylic acid groups (broad SMARTS) is 1. The van der Waals surface area contributed by atoms with Crippen LogP contribution in [0.5, 0.6) is 5.75 Å². The van der Waals surface area contributed by atoms with Gasteiger partial charge in [-0.3, -0.25) is 0 Å². The Balaban J connectivity index is 2.47. The Labute approximate surface area is 117 Å². The summed E-state index contributed by atoms with van der Waals surface area (Å²) < 4.78 is 5.85. The Morgan fingerprint density at radius 1 is 1.25 bits per heavy atom. The maximum atomic E-state index is 11.3. The minimum Gasteiger partial charge on any atom is -0.487 e. The summed E-state index contributed by atoms with van der Waals surface area (Å²) in [6.07, 6.45) is 0.760. The van der Waals surface area contributed by atoms with Gasteiger partial charge in [0.2, 0.25) is 5.69 Å². The van der Waals surface area contributed by atoms with Gasteiger partial charge in [-0.1, -0.05) is 26.0 Å². The molecule has 0 amide bonds. The first-order valence-electron chi connectivity index (χ1n) is 6.64. The van der Waals surface area contributed by atoms with E-state index in [2.05, 4.69) is 24.0 Å². The standard InChI is InChI=1S/C15H18N2O3/c1-9(2)8-10(3)20-14-11-6-4-5-7-12(11)16-17-13(14)15(18)19/h4-7,9-10H,8H2,1-3H3,(H,18,19). The molecule has 0 aliphatic heterocycles. The van der Waals surface area contributed by atoms with Crippen LogP contribution < -0.4 is 4.74 Å². The zero-order chi connectivity index (χ0) is 14.7. The van der Waals surface area contributed by atoms with Crippen LogP contribution in [-0.4, -0.2) is 27.4 Å². The second-order valence-electron chi connectivity index (χ2n) is 5.26. The number of hydrogen-bond donors (Lipinski definition) is 1. The SMILES string of the molecule is CC(C)CC(C)Oc1c(C(=O)O)nnc2ccccc12. The molecule has 1 aromatic carbocycles. The van der Waals surface area contributed by atoms with Crippen LogP contribution in [0.1, 0.15) is 37.7 Å². The molecule has 0 aliphatic rings. The maximum absolute atomic E-state index is 11.3. The van der Waals surface area contributed by atoms with Gasteiger partial charge < -0.3 is 9.84 Å². The number of fused-ring (bicyclic) bond motifs is 1. The molecule has 0 saturated carbocycles. The fraction of sp³-hybridized carbons (Fsp3) is 0.400. The van der Waals surface area contributed by atoms with E-state index in [-0.39, 0.29) is 11.8 Å². The highest BCUT2D eigenvalue weighted by molar-refractivity contribution is 5.96. The highest BCUT2D eigenvalue weighted by Gasteiger charge is 2.20. The molecule has 5 nitrogen and oxygen atoms in total. The number of carboxylic acids is 1. The lowest BCUT2D eigenvalue weighted by Gasteiger charge is -2.18. The fourth-order valence-electron chi connectivity index (χ4n) is 2.20. The van der Waals surface area contributed by atoms with E-state index < -0.39 is 5.97 Å². The molecule has 1 heterocycles. The lowest BCUT2D eigenvalue weighted by molar-refractivity contribution is 0.0681. The number of carbonyl (C=O) groups is 1. The summed E-state index contributed by atoms with van der Waals surface area (Å²) in [5, 5.41) is 17.6. The third kappa shape index (κ3) is 3.04. The molecule has 20 heavy (non-hydrogen) atoms. The third-order valence-corrected chi connectivity index (χ3v) is 2.95. The lowest BCUT2D eigenvalue weighted by Crippen LogP contribution is -2.17. The summed E-state index contributed by atoms with van der Waals surface area (Å²) >= 11 is 0. The number of benzene rings is 1. The normalized spacial score (nSPS) is 12.6. The van der Waals surface area contributed by atoms with Gasteiger partial charge in [-0.15, -0.1) is 10.2 Å². The minimum atomic E-state index is -1.13. The molecule has 106 valence electrons. The zero-order valence-electron chi connectivity index (χ0n) is 11.8. The Bertz CT molecular complexity index is 626. The molecule has 2 aromatic rings. The first-order valence-corrected chi connectivity index (χ1v) is 6.64. The van der Waals surface area contributed by atoms with Crippen molar-refractivity contribution >= 4 is 16.9 Å². The van der Waals surface area contributed by atoms with Crippen LogP contribution in [0.15, 0.2) is 24.3 Å². The minimum absolute atomic E-state index is 0.0827. The maximum Gasteiger partial charge on any atom is 0.360 e. The molecule has 0 aliphatic carbocycles. The van der Waals surface area contributed by atoms with Crippen molar-refractivity contribution in [3.8, 4) is 5.75 Å². The average Bonchev–Trinajstić information content (AvgIpc) is 2.37. The third-order valence-electron chi connectivity index (χ3n) is 2.95. The van der Waals surface area contributed by atoms with Gasteiger partial charge in [0.1, 0.15) is 0 Å². The smallest absolute Gasteiger partial charge is 0.360 e. The van der Waals surface area contributed by atoms with E-state index in [1.807, 2.05) is 19.1 Å². The highest BCUT2D eigenvalue weighted by atomic mass is 16.5. The summed E-state index contributed by atoms with van der Waals surface area (Å²) in [7, 11) is 0. The van der Waals surface area contributed by atoms with E-state index in [9.17, 15) is 9.90 Å². The molecule has 0 bridgehead atoms. The summed E-state index contributed by atoms with van der Waals surface area (Å²) in [5.41, 5.74) is 0.489. The van der Waals surface area contributed by atoms with Crippen LogP contribution in [0.25, 0.3) is 10.9 Å². The number of nitrogens with zero attached hydrogens (tertiary/aromatic N) is 2. The highest BCUT2D eigenvalue weighted by Crippen LogP contribution is 2.28. The monoisotopic (exact) mass is 274 g/mol. The van der Waals surface area contributed by atoms with E-state index in [0.717, 1.165) is 6.42 Å². The van der Waals surface area contributed by atoms with Crippen molar-refractivity contribution in [3.05, 3.63) is 30.0 Å². The number of aromatic carboxylic acids is 1. The van der Waals surface area contributed by atoms with Gasteiger partial charge in [0, 0.05) is 5.39 Å². The van der Waals surface area contributed by atoms with Crippen molar-refractivity contribution in [2.24, 2.45) is 5.92 Å². The topological polar surface area (TPSA) is 72.3 Å². The van der Waals surface area contributed by atoms with Crippen LogP contribution in [0, 0.1) is 5.92 Å². The molecule has 2 rings (SSSR count). The van der Waals surface area contributed by atoms with Crippen molar-refractivity contribution in [1.82, 2.24) is 10.2 Å². The summed E-state index contributed by atoms with van der Waals surface area (Å²) in [5.74, 6) is -0.356. The van der Waals surface area contributed by atoms with Crippen LogP contribution in [0.4, 0.5) is 0 Å². The van der Waals surface area contributed by atoms with Crippen molar-refractivity contribution in [3.63, 3.8) is 0 Å². The average molecular weight is 274 g/mol. The second-order valence-corrected chi connectivity index (χ2v) is 5.26. The molecule has 1 unspecified atom stereocenters. The largest absolute Gasteiger partial charge is 0.487 e. The molecular weight excluding hydrogens is 256 g/mol. The molecule has 1 aromatic heterocycles. The van der Waals surface area contributed by atoms with Gasteiger partial charge in [-0.05, 0) is 31.4 Å². The van der Waals surface area contributed by atoms with Crippen molar-refractivity contribution in [2.45, 2.75) is 33.3 Å². The summed E-state index contributed by atoms with van der Waals surface area (Å²) in [4.78, 5) is 11.3. The van der Waals surface area contributed by atoms with Crippen molar-refractivity contribution < 1.29 is 14.6 Å². The van der Waals surface area contributed by atoms with E-state index in [4.69, 9.17) is 4.74 Å². The van der Waals surface area contributed by atoms with Gasteiger partial charge in [0.15, 0.2) is 5.75 Å². The predicted octanol–water partition coefficient (Wildman–Crippen LogP) is 3.14. The lowest BCUT2D eigenvalue weighted by atomic mass is 10.1. The number of rotatable bonds is 5. The summed E-state index contributed by atoms with van der Waals surface area (Å²) in [6.45, 7) is 6.13. The number of hydrogen-bond acceptors (Lipinski definition) is 4. The Morgan fingerprint density at radius 2 is 1.95 bits per heavy atom. The first-order chi connectivity index (χ1) is 9.49. The van der Waals surface area contributed by atoms with Crippen molar-refractivity contribution in [1.29, 1.82) is 0 Å². The Kier molecular flexibility index (Phi) is 4.17. The second kappa shape index (κ2) is 5.86. The molecule has 0 saturated heterocycles. The quantitative estimate of drug-likeness (QED) is 0.906. The van der Waals surface area contributed by atoms with Crippen LogP contribution in [0.3, 0.4) is 0 Å². The van der Waals surface area contributed by atoms with Gasteiger partial charge in [-0.25, -0.2) is 4.79 Å². The van der Waals surface area contributed by atoms with Gasteiger partial charge in [0.25, 0.3) is 0 Å². The van der Waals surface area contributed by atoms with Crippen LogP contribution in [0.2, 0.25) is 0 Å². The van der Waals surface area contributed by atoms with Crippen LogP contribution in [-0.2, 0) is 0 Å². The molecule has 0 fully saturated rings. The molecule has 1 atom stereocenters. The fourth-order valence-corrected chi connectivity index (χ4v) is 2.20. The van der Waals surface area contributed by atoms with E-state index in [0.29, 0.717) is 22.6 Å². The Morgan fingerprint density at radius 3 is 2.60 bits per heavy atom. The van der Waals surface area contributed by atoms with E-state index in [1.165, 1.54) is 0 Å². The predicted molar refractivity (Wildman–Crippen MR) is 76.0 cm³/mol. The summed E-state index contributed by atoms with van der Waals surface area (Å²) in [6, 6.07) is 7.25. The van der Waals surface area contributed by atoms with Gasteiger partial charge >= 0.3 is 5.97 Å². The van der Waals surface area contributed by atoms with Crippen LogP contribution >= 0.6 is 0 Å². The van der Waals surface area contributed by atoms with Gasteiger partial charge in [0.05, 0.1) is 11.6 Å². The van der Waals surface area contributed by atoms with E-state index >= 15 is 0 Å². The molecule has 0 spiro atoms. The Hall–Kier alpha value is -2.17. The van der Waals surface area contributed by atoms with E-state index in [1.54, 1.807) is 12.1 Å². The van der Waals surface area contributed by atoms with Crippen molar-refractivity contribution in [2.75, 3.05) is 0 Å². The first kappa shape index (κ1) is 14.2. The molecule has 5 heteroatoms. The number of aromatic nitrogens is 2. The number of ether oxygens (including phenoxy) is 1.